The van der Waals surface area contributed by atoms with Crippen LogP contribution in [-0.2, 0) is 0 Å². The van der Waals surface area contributed by atoms with E-state index in [1.54, 1.807) is 0 Å². The summed E-state index contributed by atoms with van der Waals surface area (Å²) in [6.07, 6.45) is 0. The summed E-state index contributed by atoms with van der Waals surface area (Å²) in [5, 5.41) is 0.296. The Morgan fingerprint density at radius 3 is 2.30 bits per heavy atom. The molecular weight excluding hydrogens is 304 g/mol. The standard InChI is InChI=1S/C14H10Cl2FNO2/c1-20-8-2-3-9(12(17)6-8)14(19)7-4-10(15)13(18)11(16)5-7/h2-6H,18H2,1H3. The van der Waals surface area contributed by atoms with Crippen molar-refractivity contribution in [3.63, 3.8) is 0 Å². The molecule has 0 aliphatic carbocycles. The highest BCUT2D eigenvalue weighted by Crippen LogP contribution is 2.30. The Morgan fingerprint density at radius 1 is 1.20 bits per heavy atom. The third-order valence-corrected chi connectivity index (χ3v) is 3.39. The van der Waals surface area contributed by atoms with Crippen LogP contribution in [0.2, 0.25) is 10.0 Å². The van der Waals surface area contributed by atoms with Crippen LogP contribution in [0.15, 0.2) is 30.3 Å². The summed E-state index contributed by atoms with van der Waals surface area (Å²) < 4.78 is 18.7. The zero-order chi connectivity index (χ0) is 14.9. The number of benzene rings is 2. The molecule has 0 bridgehead atoms. The third kappa shape index (κ3) is 2.71. The molecule has 6 heteroatoms. The van der Waals surface area contributed by atoms with Crippen molar-refractivity contribution in [2.45, 2.75) is 0 Å². The summed E-state index contributed by atoms with van der Waals surface area (Å²) in [5.74, 6) is -0.889. The Balaban J connectivity index is 2.46. The Labute approximate surface area is 125 Å². The fourth-order valence-electron chi connectivity index (χ4n) is 1.68. The molecule has 2 N–H and O–H groups in total. The number of hydrogen-bond acceptors (Lipinski definition) is 3. The molecule has 2 aromatic carbocycles. The molecule has 0 heterocycles. The molecule has 20 heavy (non-hydrogen) atoms. The largest absolute Gasteiger partial charge is 0.497 e. The van der Waals surface area contributed by atoms with Gasteiger partial charge in [0, 0.05) is 11.6 Å². The molecule has 2 aromatic rings. The third-order valence-electron chi connectivity index (χ3n) is 2.76. The zero-order valence-corrected chi connectivity index (χ0v) is 11.9. The molecule has 2 rings (SSSR count). The van der Waals surface area contributed by atoms with Gasteiger partial charge in [0.1, 0.15) is 11.6 Å². The van der Waals surface area contributed by atoms with Crippen molar-refractivity contribution in [3.8, 4) is 5.75 Å². The number of nitrogen functional groups attached to an aromatic ring is 1. The molecule has 0 aromatic heterocycles. The number of rotatable bonds is 3. The van der Waals surface area contributed by atoms with E-state index in [-0.39, 0.29) is 26.9 Å². The minimum Gasteiger partial charge on any atom is -0.497 e. The summed E-state index contributed by atoms with van der Waals surface area (Å²) in [4.78, 5) is 12.2. The van der Waals surface area contributed by atoms with Crippen molar-refractivity contribution >= 4 is 34.7 Å². The van der Waals surface area contributed by atoms with Crippen LogP contribution in [0.5, 0.6) is 5.75 Å². The Hall–Kier alpha value is -1.78. The monoisotopic (exact) mass is 313 g/mol. The normalized spacial score (nSPS) is 10.4. The van der Waals surface area contributed by atoms with E-state index in [1.807, 2.05) is 0 Å². The van der Waals surface area contributed by atoms with Gasteiger partial charge in [0.15, 0.2) is 5.78 Å². The van der Waals surface area contributed by atoms with E-state index in [0.717, 1.165) is 6.07 Å². The first-order valence-corrected chi connectivity index (χ1v) is 6.32. The Morgan fingerprint density at radius 2 is 1.80 bits per heavy atom. The highest BCUT2D eigenvalue weighted by Gasteiger charge is 2.17. The highest BCUT2D eigenvalue weighted by molar-refractivity contribution is 6.39. The molecule has 0 aliphatic heterocycles. The van der Waals surface area contributed by atoms with Gasteiger partial charge in [-0.3, -0.25) is 4.79 Å². The fourth-order valence-corrected chi connectivity index (χ4v) is 2.16. The van der Waals surface area contributed by atoms with Gasteiger partial charge in [0.2, 0.25) is 0 Å². The minimum absolute atomic E-state index is 0.0947. The maximum Gasteiger partial charge on any atom is 0.196 e. The van der Waals surface area contributed by atoms with Gasteiger partial charge < -0.3 is 10.5 Å². The first kappa shape index (κ1) is 14.6. The lowest BCUT2D eigenvalue weighted by Gasteiger charge is -2.07. The molecule has 0 atom stereocenters. The van der Waals surface area contributed by atoms with Crippen molar-refractivity contribution in [2.24, 2.45) is 0 Å². The molecule has 0 aliphatic rings. The first-order chi connectivity index (χ1) is 9.43. The first-order valence-electron chi connectivity index (χ1n) is 5.56. The summed E-state index contributed by atoms with van der Waals surface area (Å²) in [6.45, 7) is 0. The van der Waals surface area contributed by atoms with Crippen LogP contribution in [-0.4, -0.2) is 12.9 Å². The van der Waals surface area contributed by atoms with Crippen LogP contribution in [0.25, 0.3) is 0 Å². The molecule has 0 fully saturated rings. The van der Waals surface area contributed by atoms with Crippen LogP contribution in [0, 0.1) is 5.82 Å². The van der Waals surface area contributed by atoms with Crippen molar-refractivity contribution in [3.05, 3.63) is 57.3 Å². The van der Waals surface area contributed by atoms with E-state index in [0.29, 0.717) is 5.75 Å². The van der Waals surface area contributed by atoms with E-state index < -0.39 is 11.6 Å². The second-order valence-corrected chi connectivity index (χ2v) is 4.84. The van der Waals surface area contributed by atoms with Gasteiger partial charge >= 0.3 is 0 Å². The van der Waals surface area contributed by atoms with Gasteiger partial charge in [0.25, 0.3) is 0 Å². The molecular formula is C14H10Cl2FNO2. The maximum atomic E-state index is 13.9. The predicted octanol–water partition coefficient (Wildman–Crippen LogP) is 3.95. The number of ketones is 1. The number of ether oxygens (including phenoxy) is 1. The highest BCUT2D eigenvalue weighted by atomic mass is 35.5. The van der Waals surface area contributed by atoms with E-state index >= 15 is 0 Å². The van der Waals surface area contributed by atoms with Crippen molar-refractivity contribution in [2.75, 3.05) is 12.8 Å². The molecule has 104 valence electrons. The van der Waals surface area contributed by atoms with E-state index in [1.165, 1.54) is 31.4 Å². The lowest BCUT2D eigenvalue weighted by atomic mass is 10.0. The number of carbonyl (C=O) groups is 1. The van der Waals surface area contributed by atoms with Crippen molar-refractivity contribution in [1.29, 1.82) is 0 Å². The molecule has 0 amide bonds. The van der Waals surface area contributed by atoms with Gasteiger partial charge in [0.05, 0.1) is 28.4 Å². The van der Waals surface area contributed by atoms with Gasteiger partial charge in [-0.2, -0.15) is 0 Å². The fraction of sp³-hybridized carbons (Fsp3) is 0.0714. The molecule has 0 unspecified atom stereocenters. The van der Waals surface area contributed by atoms with Crippen LogP contribution >= 0.6 is 23.2 Å². The molecule has 0 saturated carbocycles. The molecule has 0 spiro atoms. The minimum atomic E-state index is -0.682. The van der Waals surface area contributed by atoms with Gasteiger partial charge in [-0.05, 0) is 24.3 Å². The molecule has 0 saturated heterocycles. The number of methoxy groups -OCH3 is 1. The van der Waals surface area contributed by atoms with Crippen LogP contribution in [0.1, 0.15) is 15.9 Å². The quantitative estimate of drug-likeness (QED) is 0.689. The number of anilines is 1. The van der Waals surface area contributed by atoms with E-state index in [9.17, 15) is 9.18 Å². The summed E-state index contributed by atoms with van der Waals surface area (Å²) in [5.41, 5.74) is 5.84. The second-order valence-electron chi connectivity index (χ2n) is 4.03. The Kier molecular flexibility index (Phi) is 4.16. The average molecular weight is 314 g/mol. The SMILES string of the molecule is COc1ccc(C(=O)c2cc(Cl)c(N)c(Cl)c2)c(F)c1. The van der Waals surface area contributed by atoms with Crippen LogP contribution in [0.3, 0.4) is 0 Å². The number of halogens is 3. The lowest BCUT2D eigenvalue weighted by molar-refractivity contribution is 0.103. The smallest absolute Gasteiger partial charge is 0.196 e. The second kappa shape index (κ2) is 5.69. The zero-order valence-electron chi connectivity index (χ0n) is 10.4. The van der Waals surface area contributed by atoms with Crippen LogP contribution in [0.4, 0.5) is 10.1 Å². The maximum absolute atomic E-state index is 13.9. The topological polar surface area (TPSA) is 52.3 Å². The number of hydrogen-bond donors (Lipinski definition) is 1. The number of carbonyl (C=O) groups excluding carboxylic acids is 1. The summed E-state index contributed by atoms with van der Waals surface area (Å²) in [7, 11) is 1.41. The van der Waals surface area contributed by atoms with Crippen molar-refractivity contribution < 1.29 is 13.9 Å². The predicted molar refractivity (Wildman–Crippen MR) is 77.3 cm³/mol. The van der Waals surface area contributed by atoms with E-state index in [2.05, 4.69) is 0 Å². The average Bonchev–Trinajstić information content (AvgIpc) is 2.43. The van der Waals surface area contributed by atoms with Gasteiger partial charge in [-0.1, -0.05) is 23.2 Å². The summed E-state index contributed by atoms with van der Waals surface area (Å²) >= 11 is 11.7. The Bertz CT molecular complexity index is 666. The molecule has 3 nitrogen and oxygen atoms in total. The van der Waals surface area contributed by atoms with Crippen LogP contribution < -0.4 is 10.5 Å². The molecule has 0 radical (unpaired) electrons. The van der Waals surface area contributed by atoms with Gasteiger partial charge in [-0.15, -0.1) is 0 Å². The lowest BCUT2D eigenvalue weighted by Crippen LogP contribution is -2.05. The summed E-state index contributed by atoms with van der Waals surface area (Å²) in [6, 6.07) is 6.68. The number of nitrogens with two attached hydrogens (primary N) is 1. The van der Waals surface area contributed by atoms with Gasteiger partial charge in [-0.25, -0.2) is 4.39 Å². The van der Waals surface area contributed by atoms with E-state index in [4.69, 9.17) is 33.7 Å². The van der Waals surface area contributed by atoms with Crippen molar-refractivity contribution in [1.82, 2.24) is 0 Å².